The minimum Gasteiger partial charge on any atom is -0.368 e. The summed E-state index contributed by atoms with van der Waals surface area (Å²) in [4.78, 5) is 15.7. The standard InChI is InChI=1S/C8H15NO2/c1-3-5-7-6-9(7)11-8(10)4-2/h7H,3-6H2,1-2H3. The zero-order chi connectivity index (χ0) is 8.27. The highest BCUT2D eigenvalue weighted by Gasteiger charge is 2.36. The van der Waals surface area contributed by atoms with Crippen molar-refractivity contribution >= 4 is 5.97 Å². The molecule has 3 heteroatoms. The third-order valence-corrected chi connectivity index (χ3v) is 1.79. The molecule has 0 aliphatic carbocycles. The molecule has 1 aliphatic rings. The Balaban J connectivity index is 2.08. The molecule has 0 aromatic carbocycles. The van der Waals surface area contributed by atoms with Crippen molar-refractivity contribution in [3.8, 4) is 0 Å². The lowest BCUT2D eigenvalue weighted by Gasteiger charge is -2.01. The SMILES string of the molecule is CCCC1CN1OC(=O)CC. The summed E-state index contributed by atoms with van der Waals surface area (Å²) in [5.74, 6) is -0.122. The van der Waals surface area contributed by atoms with Gasteiger partial charge in [0.25, 0.3) is 0 Å². The van der Waals surface area contributed by atoms with Crippen molar-refractivity contribution in [2.75, 3.05) is 6.54 Å². The van der Waals surface area contributed by atoms with Crippen molar-refractivity contribution in [1.82, 2.24) is 5.06 Å². The highest BCUT2D eigenvalue weighted by Crippen LogP contribution is 2.22. The summed E-state index contributed by atoms with van der Waals surface area (Å²) < 4.78 is 0. The molecule has 0 amide bonds. The highest BCUT2D eigenvalue weighted by molar-refractivity contribution is 5.68. The molecule has 64 valence electrons. The molecule has 2 atom stereocenters. The van der Waals surface area contributed by atoms with Gasteiger partial charge in [0, 0.05) is 6.42 Å². The predicted octanol–water partition coefficient (Wildman–Crippen LogP) is 1.34. The van der Waals surface area contributed by atoms with E-state index in [4.69, 9.17) is 4.84 Å². The number of hydrogen-bond acceptors (Lipinski definition) is 3. The van der Waals surface area contributed by atoms with Crippen LogP contribution in [0.2, 0.25) is 0 Å². The fourth-order valence-electron chi connectivity index (χ4n) is 1.04. The van der Waals surface area contributed by atoms with Crippen molar-refractivity contribution in [3.05, 3.63) is 0 Å². The van der Waals surface area contributed by atoms with Crippen LogP contribution in [0.1, 0.15) is 33.1 Å². The third kappa shape index (κ3) is 2.50. The molecule has 11 heavy (non-hydrogen) atoms. The van der Waals surface area contributed by atoms with Gasteiger partial charge in [-0.15, -0.1) is 5.06 Å². The van der Waals surface area contributed by atoms with Crippen molar-refractivity contribution < 1.29 is 9.63 Å². The van der Waals surface area contributed by atoms with Crippen molar-refractivity contribution in [1.29, 1.82) is 0 Å². The first-order valence-corrected chi connectivity index (χ1v) is 4.25. The number of hydrogen-bond donors (Lipinski definition) is 0. The average Bonchev–Trinajstić information content (AvgIpc) is 2.69. The van der Waals surface area contributed by atoms with Gasteiger partial charge < -0.3 is 4.84 Å². The smallest absolute Gasteiger partial charge is 0.324 e. The van der Waals surface area contributed by atoms with Crippen LogP contribution in [0, 0.1) is 0 Å². The molecule has 0 aromatic rings. The number of hydroxylamine groups is 2. The van der Waals surface area contributed by atoms with Gasteiger partial charge in [-0.3, -0.25) is 4.79 Å². The maximum atomic E-state index is 10.7. The molecule has 1 aliphatic heterocycles. The molecular weight excluding hydrogens is 142 g/mol. The summed E-state index contributed by atoms with van der Waals surface area (Å²) in [5.41, 5.74) is 0. The second-order valence-corrected chi connectivity index (χ2v) is 2.86. The van der Waals surface area contributed by atoms with E-state index in [0.717, 1.165) is 19.4 Å². The lowest BCUT2D eigenvalue weighted by molar-refractivity contribution is -0.167. The topological polar surface area (TPSA) is 29.3 Å². The number of carbonyl (C=O) groups is 1. The van der Waals surface area contributed by atoms with Crippen LogP contribution in [-0.4, -0.2) is 23.6 Å². The molecule has 0 N–H and O–H groups in total. The fraction of sp³-hybridized carbons (Fsp3) is 0.875. The van der Waals surface area contributed by atoms with Crippen LogP contribution < -0.4 is 0 Å². The second kappa shape index (κ2) is 3.72. The molecule has 1 saturated heterocycles. The van der Waals surface area contributed by atoms with Crippen LogP contribution in [-0.2, 0) is 9.63 Å². The van der Waals surface area contributed by atoms with Gasteiger partial charge in [-0.2, -0.15) is 0 Å². The monoisotopic (exact) mass is 157 g/mol. The Morgan fingerprint density at radius 1 is 1.64 bits per heavy atom. The Bertz CT molecular complexity index is 147. The first-order chi connectivity index (χ1) is 5.27. The Kier molecular flexibility index (Phi) is 2.88. The fourth-order valence-corrected chi connectivity index (χ4v) is 1.04. The number of nitrogens with zero attached hydrogens (tertiary/aromatic N) is 1. The Morgan fingerprint density at radius 3 is 2.91 bits per heavy atom. The van der Waals surface area contributed by atoms with Gasteiger partial charge in [0.2, 0.25) is 0 Å². The summed E-state index contributed by atoms with van der Waals surface area (Å²) in [6, 6.07) is 0.510. The average molecular weight is 157 g/mol. The molecule has 0 aromatic heterocycles. The minimum absolute atomic E-state index is 0.122. The van der Waals surface area contributed by atoms with Crippen LogP contribution in [0.4, 0.5) is 0 Å². The zero-order valence-corrected chi connectivity index (χ0v) is 7.17. The third-order valence-electron chi connectivity index (χ3n) is 1.79. The Labute approximate surface area is 67.3 Å². The first kappa shape index (κ1) is 8.53. The van der Waals surface area contributed by atoms with Crippen LogP contribution in [0.5, 0.6) is 0 Å². The summed E-state index contributed by atoms with van der Waals surface area (Å²) in [5, 5.41) is 1.76. The van der Waals surface area contributed by atoms with E-state index in [-0.39, 0.29) is 5.97 Å². The lowest BCUT2D eigenvalue weighted by Crippen LogP contribution is -2.10. The summed E-state index contributed by atoms with van der Waals surface area (Å²) in [6.45, 7) is 4.87. The molecule has 0 spiro atoms. The summed E-state index contributed by atoms with van der Waals surface area (Å²) in [6.07, 6.45) is 2.76. The molecule has 0 bridgehead atoms. The minimum atomic E-state index is -0.122. The molecule has 3 nitrogen and oxygen atoms in total. The molecule has 0 saturated carbocycles. The Hall–Kier alpha value is -0.570. The van der Waals surface area contributed by atoms with Crippen LogP contribution >= 0.6 is 0 Å². The van der Waals surface area contributed by atoms with Crippen LogP contribution in [0.3, 0.4) is 0 Å². The van der Waals surface area contributed by atoms with Gasteiger partial charge in [0.05, 0.1) is 12.6 Å². The predicted molar refractivity (Wildman–Crippen MR) is 41.8 cm³/mol. The molecular formula is C8H15NO2. The highest BCUT2D eigenvalue weighted by atomic mass is 16.7. The van der Waals surface area contributed by atoms with E-state index >= 15 is 0 Å². The maximum Gasteiger partial charge on any atom is 0.324 e. The van der Waals surface area contributed by atoms with Crippen molar-refractivity contribution in [2.45, 2.75) is 39.2 Å². The van der Waals surface area contributed by atoms with Gasteiger partial charge in [0.15, 0.2) is 0 Å². The molecule has 0 radical (unpaired) electrons. The van der Waals surface area contributed by atoms with E-state index in [9.17, 15) is 4.79 Å². The second-order valence-electron chi connectivity index (χ2n) is 2.86. The quantitative estimate of drug-likeness (QED) is 0.577. The van der Waals surface area contributed by atoms with Crippen LogP contribution in [0.25, 0.3) is 0 Å². The van der Waals surface area contributed by atoms with E-state index < -0.39 is 0 Å². The van der Waals surface area contributed by atoms with E-state index in [2.05, 4.69) is 6.92 Å². The van der Waals surface area contributed by atoms with Crippen LogP contribution in [0.15, 0.2) is 0 Å². The van der Waals surface area contributed by atoms with E-state index in [0.29, 0.717) is 12.5 Å². The van der Waals surface area contributed by atoms with E-state index in [1.165, 1.54) is 0 Å². The lowest BCUT2D eigenvalue weighted by atomic mass is 10.3. The van der Waals surface area contributed by atoms with Crippen molar-refractivity contribution in [2.24, 2.45) is 0 Å². The number of carbonyl (C=O) groups excluding carboxylic acids is 1. The largest absolute Gasteiger partial charge is 0.368 e. The first-order valence-electron chi connectivity index (χ1n) is 4.25. The van der Waals surface area contributed by atoms with Gasteiger partial charge in [-0.05, 0) is 6.42 Å². The molecule has 2 unspecified atom stereocenters. The summed E-state index contributed by atoms with van der Waals surface area (Å²) in [7, 11) is 0. The normalized spacial score (nSPS) is 28.2. The Morgan fingerprint density at radius 2 is 2.36 bits per heavy atom. The van der Waals surface area contributed by atoms with Crippen molar-refractivity contribution in [3.63, 3.8) is 0 Å². The van der Waals surface area contributed by atoms with Gasteiger partial charge >= 0.3 is 5.97 Å². The molecule has 1 rings (SSSR count). The molecule has 1 heterocycles. The number of rotatable bonds is 4. The van der Waals surface area contributed by atoms with Gasteiger partial charge in [-0.25, -0.2) is 0 Å². The van der Waals surface area contributed by atoms with Gasteiger partial charge in [-0.1, -0.05) is 20.3 Å². The zero-order valence-electron chi connectivity index (χ0n) is 7.17. The van der Waals surface area contributed by atoms with E-state index in [1.54, 1.807) is 12.0 Å². The van der Waals surface area contributed by atoms with E-state index in [1.807, 2.05) is 0 Å². The van der Waals surface area contributed by atoms with Gasteiger partial charge in [0.1, 0.15) is 0 Å². The maximum absolute atomic E-state index is 10.7. The molecule has 1 fully saturated rings. The summed E-state index contributed by atoms with van der Waals surface area (Å²) >= 11 is 0.